The van der Waals surface area contributed by atoms with Crippen LogP contribution in [0.2, 0.25) is 0 Å². The van der Waals surface area contributed by atoms with Crippen molar-refractivity contribution in [1.29, 1.82) is 5.41 Å². The van der Waals surface area contributed by atoms with Gasteiger partial charge in [-0.15, -0.1) is 0 Å². The molecular formula is C24H25F3N6O2. The molecule has 0 aliphatic carbocycles. The number of carbonyl (C=O) groups is 1. The quantitative estimate of drug-likeness (QED) is 0.415. The van der Waals surface area contributed by atoms with E-state index in [-0.39, 0.29) is 11.6 Å². The average Bonchev–Trinajstić information content (AvgIpc) is 3.25. The Kier molecular flexibility index (Phi) is 6.27. The van der Waals surface area contributed by atoms with Gasteiger partial charge in [0.25, 0.3) is 0 Å². The Balaban J connectivity index is 1.60. The van der Waals surface area contributed by atoms with Gasteiger partial charge in [0.2, 0.25) is 0 Å². The Labute approximate surface area is 200 Å². The molecule has 0 unspecified atom stereocenters. The molecule has 1 aliphatic rings. The maximum Gasteiger partial charge on any atom is 0.416 e. The number of alkyl halides is 3. The molecule has 1 aromatic carbocycles. The summed E-state index contributed by atoms with van der Waals surface area (Å²) in [4.78, 5) is 18.2. The first-order valence-electron chi connectivity index (χ1n) is 10.9. The Hall–Kier alpha value is -3.89. The second kappa shape index (κ2) is 9.05. The van der Waals surface area contributed by atoms with Gasteiger partial charge in [-0.25, -0.2) is 9.78 Å². The first kappa shape index (κ1) is 24.2. The number of benzene rings is 1. The Bertz CT molecular complexity index is 1210. The van der Waals surface area contributed by atoms with Gasteiger partial charge < -0.3 is 20.4 Å². The van der Waals surface area contributed by atoms with Gasteiger partial charge in [0, 0.05) is 53.9 Å². The molecule has 8 nitrogen and oxygen atoms in total. The van der Waals surface area contributed by atoms with Crippen LogP contribution in [-0.2, 0) is 10.9 Å². The fraction of sp³-hybridized carbons (Fsp3) is 0.333. The topological polar surface area (TPSA) is 107 Å². The van der Waals surface area contributed by atoms with Crippen LogP contribution in [0.15, 0.2) is 48.9 Å². The molecule has 3 N–H and O–H groups in total. The summed E-state index contributed by atoms with van der Waals surface area (Å²) in [5, 5.41) is 18.7. The van der Waals surface area contributed by atoms with E-state index in [1.54, 1.807) is 45.4 Å². The van der Waals surface area contributed by atoms with Gasteiger partial charge >= 0.3 is 12.3 Å². The van der Waals surface area contributed by atoms with Crippen LogP contribution < -0.4 is 5.32 Å². The van der Waals surface area contributed by atoms with Crippen LogP contribution in [0, 0.1) is 11.3 Å². The van der Waals surface area contributed by atoms with E-state index < -0.39 is 23.4 Å². The zero-order valence-electron chi connectivity index (χ0n) is 19.4. The number of aromatic nitrogens is 3. The van der Waals surface area contributed by atoms with Gasteiger partial charge in [0.05, 0.1) is 11.8 Å². The van der Waals surface area contributed by atoms with Crippen molar-refractivity contribution >= 4 is 23.3 Å². The highest BCUT2D eigenvalue weighted by Gasteiger charge is 2.38. The lowest BCUT2D eigenvalue weighted by Gasteiger charge is -2.40. The molecular weight excluding hydrogens is 461 g/mol. The summed E-state index contributed by atoms with van der Waals surface area (Å²) >= 11 is 0. The number of halogens is 3. The third kappa shape index (κ3) is 5.44. The zero-order valence-corrected chi connectivity index (χ0v) is 19.4. The summed E-state index contributed by atoms with van der Waals surface area (Å²) in [5.41, 5.74) is 1.17. The lowest BCUT2D eigenvalue weighted by molar-refractivity contribution is -0.137. The second-order valence-corrected chi connectivity index (χ2v) is 9.27. The Morgan fingerprint density at radius 2 is 1.86 bits per heavy atom. The number of carbonyl (C=O) groups excluding carboxylic acids is 1. The predicted molar refractivity (Wildman–Crippen MR) is 125 cm³/mol. The second-order valence-electron chi connectivity index (χ2n) is 9.27. The number of pyridine rings is 1. The molecule has 3 aromatic rings. The molecule has 0 atom stereocenters. The summed E-state index contributed by atoms with van der Waals surface area (Å²) < 4.78 is 44.2. The Morgan fingerprint density at radius 1 is 1.17 bits per heavy atom. The van der Waals surface area contributed by atoms with Gasteiger partial charge in [-0.1, -0.05) is 0 Å². The van der Waals surface area contributed by atoms with Crippen molar-refractivity contribution in [3.8, 4) is 11.1 Å². The molecule has 1 aliphatic heterocycles. The molecule has 35 heavy (non-hydrogen) atoms. The van der Waals surface area contributed by atoms with Crippen molar-refractivity contribution < 1.29 is 22.7 Å². The highest BCUT2D eigenvalue weighted by molar-refractivity contribution is 6.10. The fourth-order valence-corrected chi connectivity index (χ4v) is 3.69. The number of aromatic amines is 1. The summed E-state index contributed by atoms with van der Waals surface area (Å²) in [7, 11) is 0. The van der Waals surface area contributed by atoms with E-state index in [1.165, 1.54) is 17.0 Å². The van der Waals surface area contributed by atoms with Crippen molar-refractivity contribution in [3.63, 3.8) is 0 Å². The third-order valence-corrected chi connectivity index (χ3v) is 5.45. The summed E-state index contributed by atoms with van der Waals surface area (Å²) in [6.07, 6.45) is -0.0239. The Morgan fingerprint density at radius 3 is 2.43 bits per heavy atom. The van der Waals surface area contributed by atoms with Gasteiger partial charge in [-0.3, -0.25) is 5.10 Å². The molecule has 0 saturated carbocycles. The number of amides is 1. The van der Waals surface area contributed by atoms with Crippen molar-refractivity contribution in [2.45, 2.75) is 32.5 Å². The molecule has 184 valence electrons. The number of hydrogen-bond acceptors (Lipinski definition) is 6. The molecule has 3 heterocycles. The average molecular weight is 486 g/mol. The number of nitrogens with one attached hydrogen (secondary N) is 3. The standard InChI is InChI=1S/C24H25F3N6O2/c1-23(2,3)35-22(34)33-12-15(13-33)20(28)19-18(14-10-30-31-11-14)8-9-29-21(19)32-17-6-4-16(5-7-17)24(25,26)27/h4-11,15,28H,12-13H2,1-3H3,(H,29,32)(H,30,31). The minimum atomic E-state index is -4.44. The van der Waals surface area contributed by atoms with E-state index in [4.69, 9.17) is 10.1 Å². The lowest BCUT2D eigenvalue weighted by Crippen LogP contribution is -2.54. The highest BCUT2D eigenvalue weighted by atomic mass is 19.4. The van der Waals surface area contributed by atoms with Crippen molar-refractivity contribution in [1.82, 2.24) is 20.1 Å². The van der Waals surface area contributed by atoms with Gasteiger partial charge in [0.15, 0.2) is 0 Å². The monoisotopic (exact) mass is 486 g/mol. The first-order valence-corrected chi connectivity index (χ1v) is 10.9. The van der Waals surface area contributed by atoms with E-state index in [1.807, 2.05) is 0 Å². The van der Waals surface area contributed by atoms with E-state index in [2.05, 4.69) is 20.5 Å². The van der Waals surface area contributed by atoms with Crippen LogP contribution in [0.3, 0.4) is 0 Å². The van der Waals surface area contributed by atoms with E-state index in [0.29, 0.717) is 35.7 Å². The van der Waals surface area contributed by atoms with Crippen molar-refractivity contribution in [3.05, 3.63) is 60.0 Å². The van der Waals surface area contributed by atoms with Crippen LogP contribution in [0.1, 0.15) is 31.9 Å². The SMILES string of the molecule is CC(C)(C)OC(=O)N1CC(C(=N)c2c(-c3cn[nH]c3)ccnc2Nc2ccc(C(F)(F)F)cc2)C1. The summed E-state index contributed by atoms with van der Waals surface area (Å²) in [6, 6.07) is 6.35. The van der Waals surface area contributed by atoms with Crippen LogP contribution in [0.25, 0.3) is 11.1 Å². The molecule has 0 radical (unpaired) electrons. The number of rotatable bonds is 5. The number of ether oxygens (including phenoxy) is 1. The molecule has 2 aromatic heterocycles. The summed E-state index contributed by atoms with van der Waals surface area (Å²) in [5.74, 6) is 0.0645. The number of hydrogen-bond donors (Lipinski definition) is 3. The van der Waals surface area contributed by atoms with E-state index in [0.717, 1.165) is 17.7 Å². The molecule has 1 saturated heterocycles. The largest absolute Gasteiger partial charge is 0.444 e. The highest BCUT2D eigenvalue weighted by Crippen LogP contribution is 2.35. The molecule has 11 heteroatoms. The smallest absolute Gasteiger partial charge is 0.416 e. The van der Waals surface area contributed by atoms with Crippen molar-refractivity contribution in [2.75, 3.05) is 18.4 Å². The normalized spacial score (nSPS) is 14.4. The fourth-order valence-electron chi connectivity index (χ4n) is 3.69. The number of anilines is 2. The van der Waals surface area contributed by atoms with E-state index >= 15 is 0 Å². The number of likely N-dealkylation sites (tertiary alicyclic amines) is 1. The predicted octanol–water partition coefficient (Wildman–Crippen LogP) is 5.47. The van der Waals surface area contributed by atoms with Gasteiger partial charge in [-0.05, 0) is 56.7 Å². The summed E-state index contributed by atoms with van der Waals surface area (Å²) in [6.45, 7) is 5.99. The minimum Gasteiger partial charge on any atom is -0.444 e. The van der Waals surface area contributed by atoms with Crippen LogP contribution in [-0.4, -0.2) is 50.6 Å². The molecule has 0 bridgehead atoms. The third-order valence-electron chi connectivity index (χ3n) is 5.45. The molecule has 4 rings (SSSR count). The zero-order chi connectivity index (χ0) is 25.4. The lowest BCUT2D eigenvalue weighted by atomic mass is 9.87. The van der Waals surface area contributed by atoms with Crippen LogP contribution >= 0.6 is 0 Å². The maximum absolute atomic E-state index is 12.9. The maximum atomic E-state index is 12.9. The number of nitrogens with zero attached hydrogens (tertiary/aromatic N) is 3. The van der Waals surface area contributed by atoms with Gasteiger partial charge in [-0.2, -0.15) is 18.3 Å². The van der Waals surface area contributed by atoms with Crippen LogP contribution in [0.5, 0.6) is 0 Å². The molecule has 0 spiro atoms. The first-order chi connectivity index (χ1) is 16.4. The minimum absolute atomic E-state index is 0.253. The number of H-pyrrole nitrogens is 1. The van der Waals surface area contributed by atoms with E-state index in [9.17, 15) is 18.0 Å². The molecule has 1 fully saturated rings. The molecule has 1 amide bonds. The van der Waals surface area contributed by atoms with Gasteiger partial charge in [0.1, 0.15) is 11.4 Å². The van der Waals surface area contributed by atoms with Crippen molar-refractivity contribution in [2.24, 2.45) is 5.92 Å². The van der Waals surface area contributed by atoms with Crippen LogP contribution in [0.4, 0.5) is 29.5 Å².